The molecule has 0 aromatic carbocycles. The molecule has 2 aromatic heterocycles. The van der Waals surface area contributed by atoms with Crippen molar-refractivity contribution in [1.29, 1.82) is 0 Å². The maximum absolute atomic E-state index is 4.72. The monoisotopic (exact) mass is 328 g/mol. The van der Waals surface area contributed by atoms with E-state index in [9.17, 15) is 0 Å². The fourth-order valence-corrected chi connectivity index (χ4v) is 4.84. The Morgan fingerprint density at radius 1 is 1.41 bits per heavy atom. The van der Waals surface area contributed by atoms with Gasteiger partial charge >= 0.3 is 0 Å². The van der Waals surface area contributed by atoms with Gasteiger partial charge in [-0.3, -0.25) is 0 Å². The highest BCUT2D eigenvalue weighted by molar-refractivity contribution is 9.11. The lowest BCUT2D eigenvalue weighted by Crippen LogP contribution is -2.07. The fraction of sp³-hybridized carbons (Fsp3) is 0.417. The minimum absolute atomic E-state index is 0.671. The molecule has 0 spiro atoms. The van der Waals surface area contributed by atoms with Crippen molar-refractivity contribution in [3.8, 4) is 9.88 Å². The summed E-state index contributed by atoms with van der Waals surface area (Å²) in [6, 6.07) is 4.23. The Morgan fingerprint density at radius 3 is 2.94 bits per heavy atom. The summed E-state index contributed by atoms with van der Waals surface area (Å²) in [4.78, 5) is 7.45. The third kappa shape index (κ3) is 2.34. The summed E-state index contributed by atoms with van der Waals surface area (Å²) in [7, 11) is 0. The number of thiophene rings is 1. The average Bonchev–Trinajstić information content (AvgIpc) is 2.96. The summed E-state index contributed by atoms with van der Waals surface area (Å²) >= 11 is 7.12. The van der Waals surface area contributed by atoms with Crippen molar-refractivity contribution < 1.29 is 0 Å². The SMILES string of the molecule is Cc1nc(-c2ccc(Br)s2)sc1C1CCNC1. The molecule has 0 amide bonds. The Bertz CT molecular complexity index is 526. The van der Waals surface area contributed by atoms with Crippen molar-refractivity contribution in [3.05, 3.63) is 26.5 Å². The number of nitrogens with one attached hydrogen (secondary N) is 1. The Hall–Kier alpha value is -0.230. The zero-order valence-corrected chi connectivity index (χ0v) is 12.7. The van der Waals surface area contributed by atoms with Gasteiger partial charge in [-0.15, -0.1) is 22.7 Å². The number of halogens is 1. The summed E-state index contributed by atoms with van der Waals surface area (Å²) in [5.41, 5.74) is 1.21. The van der Waals surface area contributed by atoms with Gasteiger partial charge in [-0.25, -0.2) is 4.98 Å². The van der Waals surface area contributed by atoms with E-state index in [0.29, 0.717) is 5.92 Å². The number of nitrogens with zero attached hydrogens (tertiary/aromatic N) is 1. The van der Waals surface area contributed by atoms with Crippen molar-refractivity contribution in [2.24, 2.45) is 0 Å². The Morgan fingerprint density at radius 2 is 2.29 bits per heavy atom. The van der Waals surface area contributed by atoms with Crippen LogP contribution in [0.5, 0.6) is 0 Å². The number of rotatable bonds is 2. The van der Waals surface area contributed by atoms with Crippen molar-refractivity contribution in [2.45, 2.75) is 19.3 Å². The van der Waals surface area contributed by atoms with Crippen molar-refractivity contribution in [2.75, 3.05) is 13.1 Å². The molecule has 1 atom stereocenters. The van der Waals surface area contributed by atoms with Crippen LogP contribution in [0.15, 0.2) is 15.9 Å². The zero-order chi connectivity index (χ0) is 11.8. The second-order valence-electron chi connectivity index (χ2n) is 4.26. The third-order valence-corrected chi connectivity index (χ3v) is 6.16. The topological polar surface area (TPSA) is 24.9 Å². The number of hydrogen-bond donors (Lipinski definition) is 1. The van der Waals surface area contributed by atoms with Gasteiger partial charge in [0.25, 0.3) is 0 Å². The molecule has 0 saturated carbocycles. The molecule has 0 aliphatic carbocycles. The third-order valence-electron chi connectivity index (χ3n) is 3.05. The molecule has 1 N–H and O–H groups in total. The van der Waals surface area contributed by atoms with Crippen LogP contribution in [0.2, 0.25) is 0 Å². The first kappa shape index (κ1) is 11.8. The van der Waals surface area contributed by atoms with E-state index in [4.69, 9.17) is 4.98 Å². The number of aryl methyl sites for hydroxylation is 1. The molecule has 1 saturated heterocycles. The van der Waals surface area contributed by atoms with Crippen LogP contribution in [0.1, 0.15) is 22.9 Å². The van der Waals surface area contributed by atoms with Gasteiger partial charge in [0, 0.05) is 17.3 Å². The van der Waals surface area contributed by atoms with Crippen LogP contribution in [0.25, 0.3) is 9.88 Å². The highest BCUT2D eigenvalue weighted by Gasteiger charge is 2.22. The van der Waals surface area contributed by atoms with Crippen molar-refractivity contribution in [3.63, 3.8) is 0 Å². The van der Waals surface area contributed by atoms with Gasteiger partial charge in [-0.1, -0.05) is 0 Å². The van der Waals surface area contributed by atoms with Crippen LogP contribution in [0, 0.1) is 6.92 Å². The van der Waals surface area contributed by atoms with E-state index in [1.54, 1.807) is 11.3 Å². The minimum Gasteiger partial charge on any atom is -0.316 e. The van der Waals surface area contributed by atoms with Crippen LogP contribution >= 0.6 is 38.6 Å². The quantitative estimate of drug-likeness (QED) is 0.900. The Labute approximate surface area is 117 Å². The molecule has 0 radical (unpaired) electrons. The predicted molar refractivity (Wildman–Crippen MR) is 78.1 cm³/mol. The van der Waals surface area contributed by atoms with E-state index in [1.165, 1.54) is 30.7 Å². The summed E-state index contributed by atoms with van der Waals surface area (Å²) in [6.45, 7) is 4.38. The number of thiazole rings is 1. The molecular formula is C12H13BrN2S2. The van der Waals surface area contributed by atoms with E-state index >= 15 is 0 Å². The lowest BCUT2D eigenvalue weighted by Gasteiger charge is -2.04. The average molecular weight is 329 g/mol. The molecular weight excluding hydrogens is 316 g/mol. The molecule has 1 aliphatic rings. The molecule has 2 nitrogen and oxygen atoms in total. The Balaban J connectivity index is 1.94. The highest BCUT2D eigenvalue weighted by atomic mass is 79.9. The first-order valence-electron chi connectivity index (χ1n) is 5.68. The second-order valence-corrected chi connectivity index (χ2v) is 7.76. The zero-order valence-electron chi connectivity index (χ0n) is 9.50. The Kier molecular flexibility index (Phi) is 3.34. The van der Waals surface area contributed by atoms with Gasteiger partial charge in [0.05, 0.1) is 14.4 Å². The van der Waals surface area contributed by atoms with Crippen LogP contribution in [0.4, 0.5) is 0 Å². The van der Waals surface area contributed by atoms with Gasteiger partial charge < -0.3 is 5.32 Å². The molecule has 1 unspecified atom stereocenters. The molecule has 5 heteroatoms. The lowest BCUT2D eigenvalue weighted by atomic mass is 10.1. The van der Waals surface area contributed by atoms with Crippen LogP contribution in [0.3, 0.4) is 0 Å². The van der Waals surface area contributed by atoms with Gasteiger partial charge in [0.2, 0.25) is 0 Å². The van der Waals surface area contributed by atoms with Crippen LogP contribution < -0.4 is 5.32 Å². The molecule has 90 valence electrons. The lowest BCUT2D eigenvalue weighted by molar-refractivity contribution is 0.770. The standard InChI is InChI=1S/C12H13BrN2S2/c1-7-11(8-4-5-14-6-8)17-12(15-7)9-2-3-10(13)16-9/h2-3,8,14H,4-6H2,1H3. The van der Waals surface area contributed by atoms with Gasteiger partial charge in [0.1, 0.15) is 5.01 Å². The maximum atomic E-state index is 4.72. The second kappa shape index (κ2) is 4.80. The minimum atomic E-state index is 0.671. The molecule has 1 aliphatic heterocycles. The summed E-state index contributed by atoms with van der Waals surface area (Å²) in [5.74, 6) is 0.671. The highest BCUT2D eigenvalue weighted by Crippen LogP contribution is 2.38. The normalized spacial score (nSPS) is 20.0. The van der Waals surface area contributed by atoms with E-state index in [1.807, 2.05) is 11.3 Å². The first-order chi connectivity index (χ1) is 8.24. The van der Waals surface area contributed by atoms with Gasteiger partial charge in [-0.2, -0.15) is 0 Å². The maximum Gasteiger partial charge on any atom is 0.133 e. The summed E-state index contributed by atoms with van der Waals surface area (Å²) in [6.07, 6.45) is 1.25. The van der Waals surface area contributed by atoms with Crippen molar-refractivity contribution >= 4 is 38.6 Å². The van der Waals surface area contributed by atoms with E-state index in [-0.39, 0.29) is 0 Å². The summed E-state index contributed by atoms with van der Waals surface area (Å²) in [5, 5.41) is 4.59. The van der Waals surface area contributed by atoms with Crippen LogP contribution in [-0.4, -0.2) is 18.1 Å². The van der Waals surface area contributed by atoms with Crippen LogP contribution in [-0.2, 0) is 0 Å². The predicted octanol–water partition coefficient (Wildman–Crippen LogP) is 4.02. The van der Waals surface area contributed by atoms with E-state index in [2.05, 4.69) is 40.3 Å². The fourth-order valence-electron chi connectivity index (χ4n) is 2.20. The number of aromatic nitrogens is 1. The smallest absolute Gasteiger partial charge is 0.133 e. The molecule has 2 aromatic rings. The molecule has 3 heterocycles. The van der Waals surface area contributed by atoms with Crippen molar-refractivity contribution in [1.82, 2.24) is 10.3 Å². The van der Waals surface area contributed by atoms with E-state index in [0.717, 1.165) is 13.1 Å². The largest absolute Gasteiger partial charge is 0.316 e. The van der Waals surface area contributed by atoms with Gasteiger partial charge in [0.15, 0.2) is 0 Å². The summed E-state index contributed by atoms with van der Waals surface area (Å²) < 4.78 is 1.17. The molecule has 1 fully saturated rings. The van der Waals surface area contributed by atoms with E-state index < -0.39 is 0 Å². The van der Waals surface area contributed by atoms with Gasteiger partial charge in [-0.05, 0) is 48.0 Å². The molecule has 0 bridgehead atoms. The first-order valence-corrected chi connectivity index (χ1v) is 8.10. The molecule has 3 rings (SSSR count). The molecule has 17 heavy (non-hydrogen) atoms. The number of hydrogen-bond acceptors (Lipinski definition) is 4.